The molecule has 3 rings (SSSR count). The van der Waals surface area contributed by atoms with Gasteiger partial charge in [-0.25, -0.2) is 0 Å². The molecule has 2 unspecified atom stereocenters. The van der Waals surface area contributed by atoms with Gasteiger partial charge in [0.05, 0.1) is 6.61 Å². The number of nitrogens with zero attached hydrogens (tertiary/aromatic N) is 2. The Morgan fingerprint density at radius 3 is 3.04 bits per heavy atom. The molecule has 24 heavy (non-hydrogen) atoms. The molecule has 1 saturated heterocycles. The van der Waals surface area contributed by atoms with Crippen molar-refractivity contribution >= 4 is 17.7 Å². The van der Waals surface area contributed by atoms with Crippen molar-refractivity contribution in [2.45, 2.75) is 31.4 Å². The number of aliphatic imine (C=N–C) groups is 1. The highest BCUT2D eigenvalue weighted by molar-refractivity contribution is 8.00. The van der Waals surface area contributed by atoms with Crippen LogP contribution in [0.4, 0.5) is 0 Å². The van der Waals surface area contributed by atoms with Gasteiger partial charge in [-0.1, -0.05) is 32.0 Å². The van der Waals surface area contributed by atoms with Crippen LogP contribution >= 0.6 is 11.8 Å². The quantitative estimate of drug-likeness (QED) is 0.673. The molecular formula is C19H29N3OS. The number of hydrogen-bond donors (Lipinski definition) is 1. The summed E-state index contributed by atoms with van der Waals surface area (Å²) in [6, 6.07) is 8.41. The topological polar surface area (TPSA) is 36.9 Å². The average Bonchev–Trinajstić information content (AvgIpc) is 2.62. The van der Waals surface area contributed by atoms with Gasteiger partial charge in [-0.15, -0.1) is 0 Å². The van der Waals surface area contributed by atoms with E-state index in [1.807, 2.05) is 13.1 Å². The molecule has 1 fully saturated rings. The van der Waals surface area contributed by atoms with Crippen LogP contribution in [0.3, 0.4) is 0 Å². The highest BCUT2D eigenvalue weighted by atomic mass is 32.2. The predicted molar refractivity (Wildman–Crippen MR) is 103 cm³/mol. The van der Waals surface area contributed by atoms with E-state index in [2.05, 4.69) is 59.0 Å². The highest BCUT2D eigenvalue weighted by Gasteiger charge is 2.26. The molecule has 1 aromatic carbocycles. The molecule has 0 spiro atoms. The van der Waals surface area contributed by atoms with Gasteiger partial charge in [0, 0.05) is 43.6 Å². The molecule has 2 aliphatic rings. The monoisotopic (exact) mass is 347 g/mol. The Labute approximate surface area is 150 Å². The van der Waals surface area contributed by atoms with E-state index in [0.29, 0.717) is 17.1 Å². The lowest BCUT2D eigenvalue weighted by atomic mass is 9.93. The molecule has 0 radical (unpaired) electrons. The third-order valence-electron chi connectivity index (χ3n) is 4.94. The molecule has 5 heteroatoms. The second-order valence-corrected chi connectivity index (χ2v) is 8.25. The number of fused-ring (bicyclic) bond motifs is 1. The Morgan fingerprint density at radius 2 is 2.25 bits per heavy atom. The third kappa shape index (κ3) is 4.00. The van der Waals surface area contributed by atoms with E-state index in [1.165, 1.54) is 11.3 Å². The number of thioether (sulfide) groups is 1. The summed E-state index contributed by atoms with van der Waals surface area (Å²) in [5, 5.41) is 4.32. The summed E-state index contributed by atoms with van der Waals surface area (Å²) in [4.78, 5) is 6.96. The lowest BCUT2D eigenvalue weighted by molar-refractivity contribution is 0.266. The van der Waals surface area contributed by atoms with Gasteiger partial charge in [-0.05, 0) is 24.0 Å². The number of para-hydroxylation sites is 1. The van der Waals surface area contributed by atoms with Gasteiger partial charge in [0.1, 0.15) is 5.75 Å². The Hall–Kier alpha value is -1.36. The van der Waals surface area contributed by atoms with E-state index in [1.54, 1.807) is 0 Å². The van der Waals surface area contributed by atoms with Crippen molar-refractivity contribution in [3.05, 3.63) is 29.8 Å². The zero-order valence-electron chi connectivity index (χ0n) is 15.0. The Kier molecular flexibility index (Phi) is 5.93. The molecule has 2 aliphatic heterocycles. The fraction of sp³-hybridized carbons (Fsp3) is 0.632. The van der Waals surface area contributed by atoms with Crippen LogP contribution < -0.4 is 10.1 Å². The summed E-state index contributed by atoms with van der Waals surface area (Å²) >= 11 is 2.10. The number of ether oxygens (including phenoxy) is 1. The molecule has 1 N–H and O–H groups in total. The van der Waals surface area contributed by atoms with E-state index in [9.17, 15) is 0 Å². The minimum atomic E-state index is 0.492. The van der Waals surface area contributed by atoms with E-state index < -0.39 is 0 Å². The maximum atomic E-state index is 5.77. The summed E-state index contributed by atoms with van der Waals surface area (Å²) in [7, 11) is 1.90. The first-order valence-corrected chi connectivity index (χ1v) is 10.0. The van der Waals surface area contributed by atoms with Crippen molar-refractivity contribution < 1.29 is 4.74 Å². The Bertz CT molecular complexity index is 575. The molecule has 4 nitrogen and oxygen atoms in total. The smallest absolute Gasteiger partial charge is 0.193 e. The van der Waals surface area contributed by atoms with E-state index >= 15 is 0 Å². The van der Waals surface area contributed by atoms with Crippen molar-refractivity contribution in [3.63, 3.8) is 0 Å². The van der Waals surface area contributed by atoms with Crippen molar-refractivity contribution in [3.8, 4) is 5.75 Å². The van der Waals surface area contributed by atoms with Crippen LogP contribution in [0, 0.1) is 5.92 Å². The number of rotatable bonds is 3. The average molecular weight is 348 g/mol. The minimum Gasteiger partial charge on any atom is -0.493 e. The van der Waals surface area contributed by atoms with Crippen LogP contribution in [0.5, 0.6) is 5.75 Å². The summed E-state index contributed by atoms with van der Waals surface area (Å²) < 4.78 is 5.77. The van der Waals surface area contributed by atoms with E-state index in [-0.39, 0.29) is 0 Å². The second kappa shape index (κ2) is 8.15. The lowest BCUT2D eigenvalue weighted by Gasteiger charge is -2.37. The Morgan fingerprint density at radius 1 is 1.42 bits per heavy atom. The van der Waals surface area contributed by atoms with Crippen molar-refractivity contribution in [1.29, 1.82) is 0 Å². The van der Waals surface area contributed by atoms with Gasteiger partial charge in [0.15, 0.2) is 5.96 Å². The van der Waals surface area contributed by atoms with Crippen molar-refractivity contribution in [2.75, 3.05) is 39.0 Å². The first-order chi connectivity index (χ1) is 11.7. The molecule has 2 heterocycles. The molecule has 0 bridgehead atoms. The fourth-order valence-electron chi connectivity index (χ4n) is 3.45. The van der Waals surface area contributed by atoms with Crippen molar-refractivity contribution in [1.82, 2.24) is 10.2 Å². The first kappa shape index (κ1) is 17.5. The molecule has 0 saturated carbocycles. The third-order valence-corrected chi connectivity index (χ3v) is 6.48. The molecule has 0 amide bonds. The van der Waals surface area contributed by atoms with Gasteiger partial charge >= 0.3 is 0 Å². The van der Waals surface area contributed by atoms with Crippen LogP contribution in [0.25, 0.3) is 0 Å². The molecule has 2 atom stereocenters. The predicted octanol–water partition coefficient (Wildman–Crippen LogP) is 3.20. The Balaban J connectivity index is 1.61. The maximum Gasteiger partial charge on any atom is 0.193 e. The van der Waals surface area contributed by atoms with Gasteiger partial charge in [0.25, 0.3) is 0 Å². The highest BCUT2D eigenvalue weighted by Crippen LogP contribution is 2.33. The molecular weight excluding hydrogens is 318 g/mol. The van der Waals surface area contributed by atoms with Crippen LogP contribution in [0.15, 0.2) is 29.3 Å². The van der Waals surface area contributed by atoms with Crippen molar-refractivity contribution in [2.24, 2.45) is 10.9 Å². The van der Waals surface area contributed by atoms with Crippen LogP contribution in [-0.4, -0.2) is 55.2 Å². The number of benzene rings is 1. The summed E-state index contributed by atoms with van der Waals surface area (Å²) in [5.74, 6) is 4.47. The minimum absolute atomic E-state index is 0.492. The van der Waals surface area contributed by atoms with Gasteiger partial charge < -0.3 is 15.0 Å². The zero-order valence-corrected chi connectivity index (χ0v) is 15.8. The summed E-state index contributed by atoms with van der Waals surface area (Å²) in [6.07, 6.45) is 1.06. The second-order valence-electron chi connectivity index (χ2n) is 6.90. The van der Waals surface area contributed by atoms with E-state index in [0.717, 1.165) is 44.4 Å². The molecule has 132 valence electrons. The standard InChI is InChI=1S/C19H29N3OS/c1-14(2)18-13-22(9-11-24-18)19(20-3)21-12-15-8-10-23-17-7-5-4-6-16(15)17/h4-7,14-15,18H,8-13H2,1-3H3,(H,20,21). The fourth-order valence-corrected chi connectivity index (χ4v) is 4.74. The zero-order chi connectivity index (χ0) is 16.9. The number of hydrogen-bond acceptors (Lipinski definition) is 3. The summed E-state index contributed by atoms with van der Waals surface area (Å²) in [6.45, 7) is 8.53. The molecule has 1 aromatic rings. The van der Waals surface area contributed by atoms with Crippen LogP contribution in [-0.2, 0) is 0 Å². The largest absolute Gasteiger partial charge is 0.493 e. The van der Waals surface area contributed by atoms with E-state index in [4.69, 9.17) is 4.74 Å². The first-order valence-electron chi connectivity index (χ1n) is 8.98. The normalized spacial score (nSPS) is 24.5. The van der Waals surface area contributed by atoms with Gasteiger partial charge in [-0.3, -0.25) is 4.99 Å². The van der Waals surface area contributed by atoms with Gasteiger partial charge in [0.2, 0.25) is 0 Å². The molecule has 0 aliphatic carbocycles. The number of nitrogens with one attached hydrogen (secondary N) is 1. The van der Waals surface area contributed by atoms with Gasteiger partial charge in [-0.2, -0.15) is 11.8 Å². The molecule has 0 aromatic heterocycles. The summed E-state index contributed by atoms with van der Waals surface area (Å²) in [5.41, 5.74) is 1.32. The maximum absolute atomic E-state index is 5.77. The lowest BCUT2D eigenvalue weighted by Crippen LogP contribution is -2.49. The van der Waals surface area contributed by atoms with Crippen LogP contribution in [0.2, 0.25) is 0 Å². The number of guanidine groups is 1. The van der Waals surface area contributed by atoms with Crippen LogP contribution in [0.1, 0.15) is 31.7 Å². The SMILES string of the molecule is CN=C(NCC1CCOc2ccccc21)N1CCSC(C(C)C)C1.